The van der Waals surface area contributed by atoms with Crippen molar-refractivity contribution in [2.45, 2.75) is 53.1 Å². The number of aliphatic hydroxyl groups is 1. The molecular formula is C11H25NO. The molecule has 0 heterocycles. The predicted octanol–water partition coefficient (Wildman–Crippen LogP) is 2.03. The maximum absolute atomic E-state index is 9.16. The number of hydrogen-bond donors (Lipinski definition) is 2. The molecule has 0 radical (unpaired) electrons. The number of hydrogen-bond acceptors (Lipinski definition) is 2. The maximum Gasteiger partial charge on any atom is 0.0587 e. The molecule has 0 amide bonds. The summed E-state index contributed by atoms with van der Waals surface area (Å²) in [5.74, 6) is 1.13. The lowest BCUT2D eigenvalue weighted by Crippen LogP contribution is -2.45. The van der Waals surface area contributed by atoms with Crippen molar-refractivity contribution in [1.82, 2.24) is 5.32 Å². The van der Waals surface area contributed by atoms with E-state index in [-0.39, 0.29) is 12.6 Å². The lowest BCUT2D eigenvalue weighted by molar-refractivity contribution is 0.186. The molecule has 13 heavy (non-hydrogen) atoms. The molecule has 80 valence electrons. The summed E-state index contributed by atoms with van der Waals surface area (Å²) >= 11 is 0. The molecule has 2 N–H and O–H groups in total. The molecule has 0 rings (SSSR count). The van der Waals surface area contributed by atoms with Gasteiger partial charge in [0.05, 0.1) is 6.61 Å². The van der Waals surface area contributed by atoms with Crippen LogP contribution in [0.25, 0.3) is 0 Å². The van der Waals surface area contributed by atoms with Crippen molar-refractivity contribution in [3.8, 4) is 0 Å². The zero-order chi connectivity index (χ0) is 10.4. The Bertz CT molecular complexity index is 109. The molecule has 0 aromatic carbocycles. The van der Waals surface area contributed by atoms with Crippen LogP contribution in [0.1, 0.15) is 41.0 Å². The van der Waals surface area contributed by atoms with Crippen molar-refractivity contribution in [3.05, 3.63) is 0 Å². The second-order valence-electron chi connectivity index (χ2n) is 4.46. The molecule has 2 atom stereocenters. The highest BCUT2D eigenvalue weighted by Crippen LogP contribution is 2.09. The van der Waals surface area contributed by atoms with Crippen LogP contribution in [0.15, 0.2) is 0 Å². The van der Waals surface area contributed by atoms with Gasteiger partial charge >= 0.3 is 0 Å². The van der Waals surface area contributed by atoms with Gasteiger partial charge < -0.3 is 10.4 Å². The van der Waals surface area contributed by atoms with Gasteiger partial charge in [0.1, 0.15) is 0 Å². The van der Waals surface area contributed by atoms with Crippen LogP contribution in [-0.4, -0.2) is 23.8 Å². The van der Waals surface area contributed by atoms with Gasteiger partial charge in [-0.2, -0.15) is 0 Å². The van der Waals surface area contributed by atoms with Crippen molar-refractivity contribution >= 4 is 0 Å². The van der Waals surface area contributed by atoms with E-state index in [2.05, 4.69) is 39.9 Å². The lowest BCUT2D eigenvalue weighted by atomic mass is 9.97. The Balaban J connectivity index is 4.03. The fourth-order valence-electron chi connectivity index (χ4n) is 1.51. The van der Waals surface area contributed by atoms with Crippen molar-refractivity contribution in [2.75, 3.05) is 6.61 Å². The molecule has 0 aromatic rings. The summed E-state index contributed by atoms with van der Waals surface area (Å²) in [7, 11) is 0. The minimum absolute atomic E-state index is 0.237. The monoisotopic (exact) mass is 187 g/mol. The standard InChI is InChI=1S/C11H25NO/c1-6-10(8(2)3)12-11(7-13)9(4)5/h8-13H,6-7H2,1-5H3/t10?,11-/m1/s1. The number of aliphatic hydroxyl groups excluding tert-OH is 1. The van der Waals surface area contributed by atoms with E-state index in [4.69, 9.17) is 5.11 Å². The summed E-state index contributed by atoms with van der Waals surface area (Å²) in [4.78, 5) is 0. The van der Waals surface area contributed by atoms with E-state index in [9.17, 15) is 0 Å². The molecule has 1 unspecified atom stereocenters. The molecule has 0 fully saturated rings. The smallest absolute Gasteiger partial charge is 0.0587 e. The average molecular weight is 187 g/mol. The molecular weight excluding hydrogens is 162 g/mol. The minimum atomic E-state index is 0.237. The molecule has 0 aliphatic heterocycles. The Kier molecular flexibility index (Phi) is 6.35. The summed E-state index contributed by atoms with van der Waals surface area (Å²) in [6, 6.07) is 0.770. The summed E-state index contributed by atoms with van der Waals surface area (Å²) < 4.78 is 0. The molecule has 0 bridgehead atoms. The Morgan fingerprint density at radius 3 is 1.69 bits per heavy atom. The third-order valence-electron chi connectivity index (χ3n) is 2.67. The van der Waals surface area contributed by atoms with E-state index in [1.807, 2.05) is 0 Å². The van der Waals surface area contributed by atoms with Crippen LogP contribution in [0.5, 0.6) is 0 Å². The van der Waals surface area contributed by atoms with Crippen LogP contribution in [-0.2, 0) is 0 Å². The van der Waals surface area contributed by atoms with Crippen LogP contribution in [0.2, 0.25) is 0 Å². The second-order valence-corrected chi connectivity index (χ2v) is 4.46. The van der Waals surface area contributed by atoms with E-state index < -0.39 is 0 Å². The molecule has 2 heteroatoms. The van der Waals surface area contributed by atoms with Gasteiger partial charge in [-0.15, -0.1) is 0 Å². The highest BCUT2D eigenvalue weighted by Gasteiger charge is 2.18. The van der Waals surface area contributed by atoms with Crippen molar-refractivity contribution in [2.24, 2.45) is 11.8 Å². The van der Waals surface area contributed by atoms with Crippen LogP contribution in [0.4, 0.5) is 0 Å². The number of rotatable bonds is 6. The maximum atomic E-state index is 9.16. The summed E-state index contributed by atoms with van der Waals surface area (Å²) in [5.41, 5.74) is 0. The molecule has 0 saturated carbocycles. The molecule has 2 nitrogen and oxygen atoms in total. The first-order chi connectivity index (χ1) is 6.02. The molecule has 0 saturated heterocycles. The largest absolute Gasteiger partial charge is 0.395 e. The fraction of sp³-hybridized carbons (Fsp3) is 1.00. The molecule has 0 spiro atoms. The Morgan fingerprint density at radius 1 is 1.00 bits per heavy atom. The Labute approximate surface area is 82.7 Å². The van der Waals surface area contributed by atoms with Crippen LogP contribution in [0, 0.1) is 11.8 Å². The van der Waals surface area contributed by atoms with Gasteiger partial charge in [-0.1, -0.05) is 34.6 Å². The Hall–Kier alpha value is -0.0800. The van der Waals surface area contributed by atoms with Crippen molar-refractivity contribution in [3.63, 3.8) is 0 Å². The highest BCUT2D eigenvalue weighted by atomic mass is 16.3. The highest BCUT2D eigenvalue weighted by molar-refractivity contribution is 4.77. The first kappa shape index (κ1) is 12.9. The van der Waals surface area contributed by atoms with Crippen LogP contribution >= 0.6 is 0 Å². The number of nitrogens with one attached hydrogen (secondary N) is 1. The Morgan fingerprint density at radius 2 is 1.46 bits per heavy atom. The first-order valence-electron chi connectivity index (χ1n) is 5.39. The second kappa shape index (κ2) is 6.39. The molecule has 0 aromatic heterocycles. The fourth-order valence-corrected chi connectivity index (χ4v) is 1.51. The van der Waals surface area contributed by atoms with Gasteiger partial charge in [0.2, 0.25) is 0 Å². The van der Waals surface area contributed by atoms with Gasteiger partial charge in [0, 0.05) is 12.1 Å². The van der Waals surface area contributed by atoms with Crippen LogP contribution < -0.4 is 5.32 Å². The molecule has 0 aliphatic carbocycles. The van der Waals surface area contributed by atoms with Crippen LogP contribution in [0.3, 0.4) is 0 Å². The average Bonchev–Trinajstić information content (AvgIpc) is 2.05. The van der Waals surface area contributed by atoms with Gasteiger partial charge in [0.25, 0.3) is 0 Å². The topological polar surface area (TPSA) is 32.3 Å². The summed E-state index contributed by atoms with van der Waals surface area (Å²) in [6.45, 7) is 11.1. The van der Waals surface area contributed by atoms with Gasteiger partial charge in [-0.25, -0.2) is 0 Å². The van der Waals surface area contributed by atoms with E-state index in [0.717, 1.165) is 6.42 Å². The first-order valence-corrected chi connectivity index (χ1v) is 5.39. The van der Waals surface area contributed by atoms with Gasteiger partial charge in [-0.3, -0.25) is 0 Å². The zero-order valence-electron chi connectivity index (χ0n) is 9.67. The summed E-state index contributed by atoms with van der Waals surface area (Å²) in [5, 5.41) is 12.7. The van der Waals surface area contributed by atoms with E-state index in [1.54, 1.807) is 0 Å². The third kappa shape index (κ3) is 4.63. The quantitative estimate of drug-likeness (QED) is 0.667. The normalized spacial score (nSPS) is 16.6. The van der Waals surface area contributed by atoms with Crippen molar-refractivity contribution < 1.29 is 5.11 Å². The van der Waals surface area contributed by atoms with Gasteiger partial charge in [-0.05, 0) is 18.3 Å². The lowest BCUT2D eigenvalue weighted by Gasteiger charge is -2.28. The minimum Gasteiger partial charge on any atom is -0.395 e. The predicted molar refractivity (Wildman–Crippen MR) is 57.8 cm³/mol. The zero-order valence-corrected chi connectivity index (χ0v) is 9.67. The summed E-state index contributed by atoms with van der Waals surface area (Å²) in [6.07, 6.45) is 1.13. The third-order valence-corrected chi connectivity index (χ3v) is 2.67. The van der Waals surface area contributed by atoms with E-state index >= 15 is 0 Å². The van der Waals surface area contributed by atoms with E-state index in [1.165, 1.54) is 0 Å². The van der Waals surface area contributed by atoms with E-state index in [0.29, 0.717) is 17.9 Å². The SMILES string of the molecule is CCC(N[C@H](CO)C(C)C)C(C)C. The molecule has 0 aliphatic rings. The van der Waals surface area contributed by atoms with Crippen molar-refractivity contribution in [1.29, 1.82) is 0 Å². The van der Waals surface area contributed by atoms with Gasteiger partial charge in [0.15, 0.2) is 0 Å².